The van der Waals surface area contributed by atoms with Gasteiger partial charge >= 0.3 is 0 Å². The van der Waals surface area contributed by atoms with Crippen molar-refractivity contribution in [3.05, 3.63) is 89.2 Å². The fourth-order valence-corrected chi connectivity index (χ4v) is 4.42. The molecule has 0 aromatic heterocycles. The Morgan fingerprint density at radius 1 is 0.947 bits per heavy atom. The molecule has 0 saturated carbocycles. The van der Waals surface area contributed by atoms with Gasteiger partial charge in [0.05, 0.1) is 38.3 Å². The van der Waals surface area contributed by atoms with E-state index in [0.717, 1.165) is 16.1 Å². The monoisotopic (exact) mass is 543 g/mol. The van der Waals surface area contributed by atoms with Crippen LogP contribution in [-0.4, -0.2) is 58.1 Å². The predicted octanol–water partition coefficient (Wildman–Crippen LogP) is 3.22. The predicted molar refractivity (Wildman–Crippen MR) is 142 cm³/mol. The zero-order valence-electron chi connectivity index (χ0n) is 21.4. The van der Waals surface area contributed by atoms with Crippen LogP contribution in [0.1, 0.15) is 21.5 Å². The molecule has 38 heavy (non-hydrogen) atoms. The van der Waals surface area contributed by atoms with Crippen LogP contribution in [0.15, 0.2) is 66.7 Å². The van der Waals surface area contributed by atoms with Gasteiger partial charge < -0.3 is 20.1 Å². The molecule has 3 aromatic carbocycles. The summed E-state index contributed by atoms with van der Waals surface area (Å²) in [7, 11) is -0.735. The second-order valence-electron chi connectivity index (χ2n) is 8.41. The molecule has 0 aliphatic heterocycles. The molecule has 0 atom stereocenters. The number of rotatable bonds is 12. The number of anilines is 1. The maximum Gasteiger partial charge on any atom is 0.253 e. The molecule has 0 bridgehead atoms. The van der Waals surface area contributed by atoms with Crippen LogP contribution in [0.2, 0.25) is 0 Å². The lowest BCUT2D eigenvalue weighted by atomic mass is 10.1. The summed E-state index contributed by atoms with van der Waals surface area (Å²) in [5.74, 6) is -0.461. The highest BCUT2D eigenvalue weighted by Crippen LogP contribution is 2.27. The molecule has 9 nitrogen and oxygen atoms in total. The summed E-state index contributed by atoms with van der Waals surface area (Å²) >= 11 is 0. The topological polar surface area (TPSA) is 114 Å². The zero-order chi connectivity index (χ0) is 27.7. The number of ether oxygens (including phenoxy) is 2. The molecule has 0 saturated heterocycles. The number of carbonyl (C=O) groups is 2. The van der Waals surface area contributed by atoms with E-state index in [1.54, 1.807) is 50.6 Å². The van der Waals surface area contributed by atoms with Gasteiger partial charge in [0.25, 0.3) is 5.91 Å². The van der Waals surface area contributed by atoms with Gasteiger partial charge in [-0.15, -0.1) is 0 Å². The average Bonchev–Trinajstić information content (AvgIpc) is 2.89. The van der Waals surface area contributed by atoms with E-state index in [0.29, 0.717) is 24.5 Å². The third-order valence-electron chi connectivity index (χ3n) is 5.69. The quantitative estimate of drug-likeness (QED) is 0.363. The molecule has 3 aromatic rings. The average molecular weight is 544 g/mol. The minimum absolute atomic E-state index is 0.139. The second-order valence-corrected chi connectivity index (χ2v) is 10.4. The van der Waals surface area contributed by atoms with E-state index in [9.17, 15) is 22.4 Å². The molecule has 11 heteroatoms. The maximum atomic E-state index is 14.1. The van der Waals surface area contributed by atoms with Crippen molar-refractivity contribution >= 4 is 27.5 Å². The number of hydrogen-bond donors (Lipinski definition) is 2. The first kappa shape index (κ1) is 28.6. The minimum Gasteiger partial charge on any atom is -0.493 e. The highest BCUT2D eigenvalue weighted by atomic mass is 32.2. The van der Waals surface area contributed by atoms with E-state index in [4.69, 9.17) is 9.47 Å². The normalized spacial score (nSPS) is 11.2. The van der Waals surface area contributed by atoms with Crippen molar-refractivity contribution in [1.29, 1.82) is 0 Å². The Morgan fingerprint density at radius 3 is 2.32 bits per heavy atom. The molecule has 0 spiro atoms. The van der Waals surface area contributed by atoms with Gasteiger partial charge in [-0.25, -0.2) is 12.8 Å². The minimum atomic E-state index is -3.83. The maximum absolute atomic E-state index is 14.1. The van der Waals surface area contributed by atoms with Crippen LogP contribution in [0.5, 0.6) is 11.5 Å². The highest BCUT2D eigenvalue weighted by molar-refractivity contribution is 7.88. The van der Waals surface area contributed by atoms with Gasteiger partial charge in [0.15, 0.2) is 11.5 Å². The third-order valence-corrected chi connectivity index (χ3v) is 6.88. The largest absolute Gasteiger partial charge is 0.493 e. The Kier molecular flexibility index (Phi) is 9.80. The van der Waals surface area contributed by atoms with Crippen molar-refractivity contribution < 1.29 is 31.9 Å². The van der Waals surface area contributed by atoms with E-state index in [1.165, 1.54) is 18.2 Å². The standard InChI is InChI=1S/C27H30FN3O6S/c1-36-24-13-12-19(16-25(24)37-2)14-15-29-27(33)21-9-5-7-11-23(21)30-26(32)18-31(38(3,34)35)17-20-8-4-6-10-22(20)28/h4-13,16H,14-15,17-18H2,1-3H3,(H,29,33)(H,30,32). The zero-order valence-corrected chi connectivity index (χ0v) is 22.2. The number of benzene rings is 3. The third kappa shape index (κ3) is 7.77. The van der Waals surface area contributed by atoms with E-state index in [2.05, 4.69) is 10.6 Å². The Morgan fingerprint density at radius 2 is 1.63 bits per heavy atom. The molecule has 0 radical (unpaired) electrons. The van der Waals surface area contributed by atoms with Crippen LogP contribution < -0.4 is 20.1 Å². The Hall–Kier alpha value is -3.96. The van der Waals surface area contributed by atoms with Crippen molar-refractivity contribution in [1.82, 2.24) is 9.62 Å². The molecule has 0 unspecified atom stereocenters. The summed E-state index contributed by atoms with van der Waals surface area (Å²) in [4.78, 5) is 25.6. The molecular formula is C27H30FN3O6S. The fourth-order valence-electron chi connectivity index (χ4n) is 3.70. The summed E-state index contributed by atoms with van der Waals surface area (Å²) in [6.07, 6.45) is 1.47. The van der Waals surface area contributed by atoms with Crippen LogP contribution in [-0.2, 0) is 27.8 Å². The van der Waals surface area contributed by atoms with Gasteiger partial charge in [0, 0.05) is 18.7 Å². The van der Waals surface area contributed by atoms with E-state index in [-0.39, 0.29) is 23.4 Å². The number of amides is 2. The van der Waals surface area contributed by atoms with Gasteiger partial charge in [-0.3, -0.25) is 9.59 Å². The molecule has 0 fully saturated rings. The van der Waals surface area contributed by atoms with Gasteiger partial charge in [-0.2, -0.15) is 4.31 Å². The summed E-state index contributed by atoms with van der Waals surface area (Å²) in [6, 6.07) is 17.6. The van der Waals surface area contributed by atoms with Crippen LogP contribution in [0.25, 0.3) is 0 Å². The Balaban J connectivity index is 1.64. The van der Waals surface area contributed by atoms with Crippen LogP contribution in [0.4, 0.5) is 10.1 Å². The number of halogens is 1. The van der Waals surface area contributed by atoms with Crippen molar-refractivity contribution in [2.75, 3.05) is 38.9 Å². The molecule has 3 rings (SSSR count). The highest BCUT2D eigenvalue weighted by Gasteiger charge is 2.23. The van der Waals surface area contributed by atoms with Crippen LogP contribution >= 0.6 is 0 Å². The first-order chi connectivity index (χ1) is 18.1. The van der Waals surface area contributed by atoms with E-state index in [1.807, 2.05) is 12.1 Å². The molecule has 0 heterocycles. The molecule has 0 aliphatic carbocycles. The number of sulfonamides is 1. The van der Waals surface area contributed by atoms with Crippen molar-refractivity contribution in [3.63, 3.8) is 0 Å². The van der Waals surface area contributed by atoms with Crippen molar-refractivity contribution in [2.45, 2.75) is 13.0 Å². The molecule has 0 aliphatic rings. The fraction of sp³-hybridized carbons (Fsp3) is 0.259. The lowest BCUT2D eigenvalue weighted by Gasteiger charge is -2.20. The summed E-state index contributed by atoms with van der Waals surface area (Å²) in [6.45, 7) is -0.541. The van der Waals surface area contributed by atoms with Crippen LogP contribution in [0, 0.1) is 5.82 Å². The summed E-state index contributed by atoms with van der Waals surface area (Å²) in [5, 5.41) is 5.42. The second kappa shape index (κ2) is 13.0. The van der Waals surface area contributed by atoms with Gasteiger partial charge in [-0.1, -0.05) is 36.4 Å². The number of nitrogens with zero attached hydrogens (tertiary/aromatic N) is 1. The SMILES string of the molecule is COc1ccc(CCNC(=O)c2ccccc2NC(=O)CN(Cc2ccccc2F)S(C)(=O)=O)cc1OC. The molecule has 2 amide bonds. The van der Waals surface area contributed by atoms with Gasteiger partial charge in [0.2, 0.25) is 15.9 Å². The first-order valence-electron chi connectivity index (χ1n) is 11.7. The molecular weight excluding hydrogens is 513 g/mol. The Labute approximate surface area is 221 Å². The van der Waals surface area contributed by atoms with E-state index >= 15 is 0 Å². The number of para-hydroxylation sites is 1. The first-order valence-corrected chi connectivity index (χ1v) is 13.5. The van der Waals surface area contributed by atoms with Gasteiger partial charge in [0.1, 0.15) is 5.82 Å². The lowest BCUT2D eigenvalue weighted by Crippen LogP contribution is -2.37. The lowest BCUT2D eigenvalue weighted by molar-refractivity contribution is -0.116. The molecule has 202 valence electrons. The van der Waals surface area contributed by atoms with Crippen LogP contribution in [0.3, 0.4) is 0 Å². The number of methoxy groups -OCH3 is 2. The number of hydrogen-bond acceptors (Lipinski definition) is 6. The number of carbonyl (C=O) groups excluding carboxylic acids is 2. The van der Waals surface area contributed by atoms with E-state index < -0.39 is 34.2 Å². The summed E-state index contributed by atoms with van der Waals surface area (Å²) < 4.78 is 50.0. The van der Waals surface area contributed by atoms with Crippen molar-refractivity contribution in [2.24, 2.45) is 0 Å². The smallest absolute Gasteiger partial charge is 0.253 e. The molecule has 2 N–H and O–H groups in total. The number of nitrogens with one attached hydrogen (secondary N) is 2. The van der Waals surface area contributed by atoms with Gasteiger partial charge in [-0.05, 0) is 42.3 Å². The van der Waals surface area contributed by atoms with Crippen molar-refractivity contribution in [3.8, 4) is 11.5 Å². The summed E-state index contributed by atoms with van der Waals surface area (Å²) in [5.41, 5.74) is 1.51. The Bertz CT molecular complexity index is 1400.